The summed E-state index contributed by atoms with van der Waals surface area (Å²) in [5.74, 6) is -0.355. The molecule has 36 heavy (non-hydrogen) atoms. The van der Waals surface area contributed by atoms with Gasteiger partial charge in [0.15, 0.2) is 0 Å². The van der Waals surface area contributed by atoms with Gasteiger partial charge in [0.1, 0.15) is 0 Å². The van der Waals surface area contributed by atoms with Gasteiger partial charge in [-0.25, -0.2) is 0 Å². The predicted octanol–water partition coefficient (Wildman–Crippen LogP) is 4.82. The molecule has 0 spiro atoms. The van der Waals surface area contributed by atoms with Crippen LogP contribution in [0.15, 0.2) is 66.5 Å². The number of amides is 2. The molecule has 1 heterocycles. The Labute approximate surface area is 212 Å². The Bertz CT molecular complexity index is 1310. The van der Waals surface area contributed by atoms with E-state index in [9.17, 15) is 9.59 Å². The van der Waals surface area contributed by atoms with Gasteiger partial charge in [-0.3, -0.25) is 14.3 Å². The maximum Gasteiger partial charge on any atom is 0.252 e. The third-order valence-electron chi connectivity index (χ3n) is 6.08. The Hall–Kier alpha value is -3.71. The fourth-order valence-electron chi connectivity index (χ4n) is 4.35. The number of hydrogen-bond acceptors (Lipinski definition) is 4. The second kappa shape index (κ2) is 10.9. The summed E-state index contributed by atoms with van der Waals surface area (Å²) >= 11 is 0. The van der Waals surface area contributed by atoms with Crippen LogP contribution in [0, 0.1) is 0 Å². The Balaban J connectivity index is 1.55. The molecule has 7 nitrogen and oxygen atoms in total. The van der Waals surface area contributed by atoms with Gasteiger partial charge in [-0.15, -0.1) is 0 Å². The zero-order valence-corrected chi connectivity index (χ0v) is 21.6. The summed E-state index contributed by atoms with van der Waals surface area (Å²) < 4.78 is 2.04. The van der Waals surface area contributed by atoms with Gasteiger partial charge < -0.3 is 15.5 Å². The molecule has 2 aromatic carbocycles. The minimum absolute atomic E-state index is 0.149. The van der Waals surface area contributed by atoms with E-state index in [4.69, 9.17) is 0 Å². The van der Waals surface area contributed by atoms with Crippen LogP contribution in [0.3, 0.4) is 0 Å². The molecule has 0 aliphatic heterocycles. The van der Waals surface area contributed by atoms with Crippen LogP contribution in [0.1, 0.15) is 55.1 Å². The fraction of sp³-hybridized carbons (Fsp3) is 0.345. The molecule has 1 aliphatic carbocycles. The molecule has 0 atom stereocenters. The molecule has 1 aliphatic rings. The number of nitrogens with one attached hydrogen (secondary N) is 2. The van der Waals surface area contributed by atoms with E-state index in [0.29, 0.717) is 11.6 Å². The molecule has 0 saturated heterocycles. The van der Waals surface area contributed by atoms with Crippen LogP contribution < -0.4 is 10.6 Å². The summed E-state index contributed by atoms with van der Waals surface area (Å²) in [6, 6.07) is 12.9. The van der Waals surface area contributed by atoms with Crippen molar-refractivity contribution in [3.05, 3.63) is 77.6 Å². The van der Waals surface area contributed by atoms with Crippen molar-refractivity contribution in [2.75, 3.05) is 20.6 Å². The van der Waals surface area contributed by atoms with E-state index < -0.39 is 0 Å². The minimum Gasteiger partial charge on any atom is -0.351 e. The largest absolute Gasteiger partial charge is 0.351 e. The van der Waals surface area contributed by atoms with E-state index in [-0.39, 0.29) is 24.8 Å². The lowest BCUT2D eigenvalue weighted by molar-refractivity contribution is -0.120. The first-order valence-electron chi connectivity index (χ1n) is 12.4. The number of hydrogen-bond donors (Lipinski definition) is 2. The van der Waals surface area contributed by atoms with E-state index in [1.54, 1.807) is 6.20 Å². The van der Waals surface area contributed by atoms with Crippen molar-refractivity contribution in [1.82, 2.24) is 25.3 Å². The zero-order valence-electron chi connectivity index (χ0n) is 21.6. The number of rotatable bonds is 10. The molecule has 1 fully saturated rings. The first-order chi connectivity index (χ1) is 17.2. The highest BCUT2D eigenvalue weighted by atomic mass is 16.2. The van der Waals surface area contributed by atoms with Gasteiger partial charge in [0.2, 0.25) is 5.91 Å². The van der Waals surface area contributed by atoms with Crippen molar-refractivity contribution in [2.24, 2.45) is 0 Å². The van der Waals surface area contributed by atoms with Crippen LogP contribution in [0.2, 0.25) is 0 Å². The number of fused-ring (bicyclic) bond motifs is 1. The second-order valence-corrected chi connectivity index (χ2v) is 9.94. The zero-order chi connectivity index (χ0) is 25.8. The molecular weight excluding hydrogens is 450 g/mol. The van der Waals surface area contributed by atoms with Crippen molar-refractivity contribution in [3.8, 4) is 11.1 Å². The summed E-state index contributed by atoms with van der Waals surface area (Å²) in [7, 11) is 4.10. The average molecular weight is 486 g/mol. The van der Waals surface area contributed by atoms with Crippen LogP contribution in [0.5, 0.6) is 0 Å². The molecule has 3 aromatic rings. The first kappa shape index (κ1) is 25.4. The van der Waals surface area contributed by atoms with Crippen LogP contribution in [-0.4, -0.2) is 47.1 Å². The molecule has 188 valence electrons. The maximum atomic E-state index is 13.3. The molecule has 0 bridgehead atoms. The third kappa shape index (κ3) is 6.29. The van der Waals surface area contributed by atoms with E-state index >= 15 is 0 Å². The molecule has 2 amide bonds. The molecule has 1 aromatic heterocycles. The van der Waals surface area contributed by atoms with Crippen molar-refractivity contribution in [2.45, 2.75) is 45.7 Å². The Kier molecular flexibility index (Phi) is 7.70. The summed E-state index contributed by atoms with van der Waals surface area (Å²) in [4.78, 5) is 27.6. The number of carbonyl (C=O) groups excluding carboxylic acids is 2. The number of nitrogens with zero attached hydrogens (tertiary/aromatic N) is 3. The molecule has 1 saturated carbocycles. The van der Waals surface area contributed by atoms with E-state index in [1.807, 2.05) is 30.7 Å². The first-order valence-corrected chi connectivity index (χ1v) is 12.4. The Morgan fingerprint density at radius 2 is 1.86 bits per heavy atom. The van der Waals surface area contributed by atoms with Gasteiger partial charge >= 0.3 is 0 Å². The third-order valence-corrected chi connectivity index (χ3v) is 6.08. The van der Waals surface area contributed by atoms with E-state index in [2.05, 4.69) is 71.6 Å². The predicted molar refractivity (Wildman–Crippen MR) is 144 cm³/mol. The number of benzene rings is 2. The quantitative estimate of drug-likeness (QED) is 0.404. The van der Waals surface area contributed by atoms with Gasteiger partial charge in [0.05, 0.1) is 23.3 Å². The van der Waals surface area contributed by atoms with Gasteiger partial charge in [-0.05, 0) is 75.7 Å². The smallest absolute Gasteiger partial charge is 0.252 e. The molecule has 2 N–H and O–H groups in total. The lowest BCUT2D eigenvalue weighted by Crippen LogP contribution is -2.30. The van der Waals surface area contributed by atoms with Crippen LogP contribution in [-0.2, 0) is 11.3 Å². The van der Waals surface area contributed by atoms with Gasteiger partial charge in [-0.2, -0.15) is 5.10 Å². The fourth-order valence-corrected chi connectivity index (χ4v) is 4.35. The molecule has 4 rings (SSSR count). The van der Waals surface area contributed by atoms with Gasteiger partial charge in [0, 0.05) is 30.6 Å². The normalized spacial score (nSPS) is 13.8. The van der Waals surface area contributed by atoms with Crippen LogP contribution >= 0.6 is 0 Å². The minimum atomic E-state index is -0.205. The Morgan fingerprint density at radius 1 is 1.14 bits per heavy atom. The topological polar surface area (TPSA) is 79.3 Å². The molecular formula is C29H35N5O2. The van der Waals surface area contributed by atoms with Crippen molar-refractivity contribution < 1.29 is 9.59 Å². The lowest BCUT2D eigenvalue weighted by atomic mass is 9.98. The number of allylic oxidation sites excluding steroid dienone is 3. The van der Waals surface area contributed by atoms with Gasteiger partial charge in [0.25, 0.3) is 5.91 Å². The van der Waals surface area contributed by atoms with Crippen LogP contribution in [0.4, 0.5) is 0 Å². The highest BCUT2D eigenvalue weighted by Gasteiger charge is 2.27. The highest BCUT2D eigenvalue weighted by Crippen LogP contribution is 2.38. The van der Waals surface area contributed by atoms with Crippen LogP contribution in [0.25, 0.3) is 22.0 Å². The average Bonchev–Trinajstić information content (AvgIpc) is 3.56. The highest BCUT2D eigenvalue weighted by molar-refractivity contribution is 6.08. The van der Waals surface area contributed by atoms with E-state index in [1.165, 1.54) is 5.56 Å². The van der Waals surface area contributed by atoms with Crippen molar-refractivity contribution in [3.63, 3.8) is 0 Å². The summed E-state index contributed by atoms with van der Waals surface area (Å²) in [6.45, 7) is 8.62. The van der Waals surface area contributed by atoms with Crippen molar-refractivity contribution >= 4 is 22.7 Å². The number of carbonyl (C=O) groups is 2. The summed E-state index contributed by atoms with van der Waals surface area (Å²) in [5, 5.41) is 11.2. The second-order valence-electron chi connectivity index (χ2n) is 9.94. The monoisotopic (exact) mass is 485 g/mol. The Morgan fingerprint density at radius 3 is 2.50 bits per heavy atom. The molecule has 7 heteroatoms. The molecule has 0 radical (unpaired) electrons. The molecule has 0 unspecified atom stereocenters. The summed E-state index contributed by atoms with van der Waals surface area (Å²) in [6.07, 6.45) is 5.99. The number of aromatic nitrogens is 2. The summed E-state index contributed by atoms with van der Waals surface area (Å²) in [5.41, 5.74) is 6.40. The van der Waals surface area contributed by atoms with E-state index in [0.717, 1.165) is 52.7 Å². The van der Waals surface area contributed by atoms with Crippen molar-refractivity contribution in [1.29, 1.82) is 0 Å². The van der Waals surface area contributed by atoms with Gasteiger partial charge in [-0.1, -0.05) is 36.4 Å². The lowest BCUT2D eigenvalue weighted by Gasteiger charge is -2.12. The standard InChI is InChI=1S/C29H35N5O2/c1-19(2)14-20(3)32-28(35)12-13-30-29(36)25-15-23(22-8-6-21(7-9-22)18-33(4)5)16-27-26(25)17-31-34(27)24-10-11-24/h6-9,14-17,24H,1,10-13,18H2,2-5H3,(H,30,36)(H,32,35)/b20-14-. The maximum absolute atomic E-state index is 13.3. The SMILES string of the molecule is C=C(C)/C=C(/C)NC(=O)CCNC(=O)c1cc(-c2ccc(CN(C)C)cc2)cc2c1cnn2C1CC1.